The van der Waals surface area contributed by atoms with E-state index in [1.165, 1.54) is 4.68 Å². The van der Waals surface area contributed by atoms with Crippen LogP contribution in [0.2, 0.25) is 0 Å². The second-order valence-electron chi connectivity index (χ2n) is 8.60. The predicted octanol–water partition coefficient (Wildman–Crippen LogP) is 3.86. The van der Waals surface area contributed by atoms with Crippen LogP contribution >= 0.6 is 0 Å². The Morgan fingerprint density at radius 3 is 2.32 bits per heavy atom. The number of carbonyl (C=O) groups is 1. The SMILES string of the molecule is Cc1nn([C@@H](C)C(=O)NCc2ccc(OC(C)C)cc2)c(=O)c2c(C)n(-c3ccccc3)nc12. The first kappa shape index (κ1) is 23.2. The Balaban J connectivity index is 1.57. The number of ether oxygens (including phenoxy) is 1. The van der Waals surface area contributed by atoms with Crippen molar-refractivity contribution >= 4 is 16.8 Å². The summed E-state index contributed by atoms with van der Waals surface area (Å²) in [7, 11) is 0. The fraction of sp³-hybridized carbons (Fsp3) is 0.308. The number of nitrogens with one attached hydrogen (secondary N) is 1. The van der Waals surface area contributed by atoms with Gasteiger partial charge in [0, 0.05) is 6.54 Å². The molecule has 4 aromatic rings. The first-order valence-corrected chi connectivity index (χ1v) is 11.3. The van der Waals surface area contributed by atoms with Gasteiger partial charge in [-0.3, -0.25) is 9.59 Å². The molecule has 0 unspecified atom stereocenters. The molecule has 0 aliphatic heterocycles. The van der Waals surface area contributed by atoms with Crippen LogP contribution in [0.4, 0.5) is 0 Å². The van der Waals surface area contributed by atoms with Crippen LogP contribution < -0.4 is 15.6 Å². The highest BCUT2D eigenvalue weighted by atomic mass is 16.5. The van der Waals surface area contributed by atoms with Crippen LogP contribution in [0.25, 0.3) is 16.6 Å². The molecule has 0 spiro atoms. The summed E-state index contributed by atoms with van der Waals surface area (Å²) in [6.07, 6.45) is 0.0986. The Morgan fingerprint density at radius 1 is 1.00 bits per heavy atom. The molecular formula is C26H29N5O3. The van der Waals surface area contributed by atoms with Crippen molar-refractivity contribution in [2.75, 3.05) is 0 Å². The molecule has 4 rings (SSSR count). The van der Waals surface area contributed by atoms with Gasteiger partial charge in [0.25, 0.3) is 5.56 Å². The fourth-order valence-corrected chi connectivity index (χ4v) is 3.87. The Bertz CT molecular complexity index is 1370. The zero-order valence-corrected chi connectivity index (χ0v) is 20.1. The van der Waals surface area contributed by atoms with Gasteiger partial charge >= 0.3 is 0 Å². The number of para-hydroxylation sites is 1. The van der Waals surface area contributed by atoms with E-state index in [4.69, 9.17) is 4.74 Å². The monoisotopic (exact) mass is 459 g/mol. The van der Waals surface area contributed by atoms with Gasteiger partial charge in [0.05, 0.1) is 28.6 Å². The number of benzene rings is 2. The van der Waals surface area contributed by atoms with Crippen molar-refractivity contribution in [2.24, 2.45) is 0 Å². The maximum atomic E-state index is 13.3. The number of amides is 1. The van der Waals surface area contributed by atoms with Crippen molar-refractivity contribution in [3.63, 3.8) is 0 Å². The number of rotatable bonds is 7. The maximum Gasteiger partial charge on any atom is 0.278 e. The smallest absolute Gasteiger partial charge is 0.278 e. The lowest BCUT2D eigenvalue weighted by Gasteiger charge is -2.15. The molecule has 34 heavy (non-hydrogen) atoms. The number of aromatic nitrogens is 4. The summed E-state index contributed by atoms with van der Waals surface area (Å²) in [5.41, 5.74) is 3.30. The zero-order chi connectivity index (χ0) is 24.4. The Labute approximate surface area is 198 Å². The summed E-state index contributed by atoms with van der Waals surface area (Å²) < 4.78 is 8.63. The highest BCUT2D eigenvalue weighted by molar-refractivity contribution is 5.84. The lowest BCUT2D eigenvalue weighted by Crippen LogP contribution is -2.37. The minimum Gasteiger partial charge on any atom is -0.491 e. The molecular weight excluding hydrogens is 430 g/mol. The lowest BCUT2D eigenvalue weighted by molar-refractivity contribution is -0.124. The van der Waals surface area contributed by atoms with E-state index in [1.807, 2.05) is 75.4 Å². The zero-order valence-electron chi connectivity index (χ0n) is 20.1. The second kappa shape index (κ2) is 9.51. The average molecular weight is 460 g/mol. The molecule has 0 aliphatic rings. The third-order valence-corrected chi connectivity index (χ3v) is 5.65. The van der Waals surface area contributed by atoms with E-state index in [0.717, 1.165) is 17.0 Å². The van der Waals surface area contributed by atoms with Crippen LogP contribution in [0, 0.1) is 13.8 Å². The quantitative estimate of drug-likeness (QED) is 0.453. The van der Waals surface area contributed by atoms with Crippen molar-refractivity contribution < 1.29 is 9.53 Å². The number of carbonyl (C=O) groups excluding carboxylic acids is 1. The van der Waals surface area contributed by atoms with E-state index in [0.29, 0.717) is 28.8 Å². The summed E-state index contributed by atoms with van der Waals surface area (Å²) >= 11 is 0. The minimum absolute atomic E-state index is 0.0986. The average Bonchev–Trinajstić information content (AvgIpc) is 3.18. The molecule has 2 heterocycles. The standard InChI is InChI=1S/C26H29N5O3/c1-16(2)34-22-13-11-20(12-14-22)15-27-25(32)19(5)31-26(33)23-18(4)30(21-9-7-6-8-10-21)29-24(23)17(3)28-31/h6-14,16,19H,15H2,1-5H3,(H,27,32)/t19-/m0/s1. The molecule has 8 heteroatoms. The third kappa shape index (κ3) is 4.57. The molecule has 0 radical (unpaired) electrons. The Hall–Kier alpha value is -3.94. The first-order valence-electron chi connectivity index (χ1n) is 11.3. The minimum atomic E-state index is -0.779. The molecule has 2 aromatic carbocycles. The highest BCUT2D eigenvalue weighted by Crippen LogP contribution is 2.21. The van der Waals surface area contributed by atoms with Gasteiger partial charge in [-0.05, 0) is 64.4 Å². The van der Waals surface area contributed by atoms with Gasteiger partial charge in [0.15, 0.2) is 0 Å². The predicted molar refractivity (Wildman–Crippen MR) is 131 cm³/mol. The van der Waals surface area contributed by atoms with E-state index in [1.54, 1.807) is 18.5 Å². The molecule has 0 saturated carbocycles. The fourth-order valence-electron chi connectivity index (χ4n) is 3.87. The summed E-state index contributed by atoms with van der Waals surface area (Å²) in [6.45, 7) is 9.60. The van der Waals surface area contributed by atoms with Crippen molar-refractivity contribution in [1.29, 1.82) is 0 Å². The van der Waals surface area contributed by atoms with E-state index < -0.39 is 6.04 Å². The van der Waals surface area contributed by atoms with Crippen LogP contribution in [-0.2, 0) is 11.3 Å². The Morgan fingerprint density at radius 2 is 1.68 bits per heavy atom. The normalized spacial score (nSPS) is 12.2. The molecule has 176 valence electrons. The number of hydrogen-bond acceptors (Lipinski definition) is 5. The summed E-state index contributed by atoms with van der Waals surface area (Å²) in [6, 6.07) is 16.4. The van der Waals surface area contributed by atoms with Crippen LogP contribution in [0.5, 0.6) is 5.75 Å². The van der Waals surface area contributed by atoms with Gasteiger partial charge in [0.1, 0.15) is 17.3 Å². The number of hydrogen-bond donors (Lipinski definition) is 1. The molecule has 0 fully saturated rings. The molecule has 0 aliphatic carbocycles. The van der Waals surface area contributed by atoms with Crippen molar-refractivity contribution in [2.45, 2.75) is 53.3 Å². The molecule has 0 saturated heterocycles. The molecule has 2 aromatic heterocycles. The molecule has 1 N–H and O–H groups in total. The van der Waals surface area contributed by atoms with Crippen LogP contribution in [-0.4, -0.2) is 31.6 Å². The molecule has 1 atom stereocenters. The van der Waals surface area contributed by atoms with Gasteiger partial charge < -0.3 is 10.1 Å². The Kier molecular flexibility index (Phi) is 6.49. The largest absolute Gasteiger partial charge is 0.491 e. The van der Waals surface area contributed by atoms with Gasteiger partial charge in [-0.25, -0.2) is 9.36 Å². The third-order valence-electron chi connectivity index (χ3n) is 5.65. The van der Waals surface area contributed by atoms with Crippen molar-refractivity contribution in [1.82, 2.24) is 24.9 Å². The van der Waals surface area contributed by atoms with Gasteiger partial charge in [-0.2, -0.15) is 10.2 Å². The van der Waals surface area contributed by atoms with Gasteiger partial charge in [-0.15, -0.1) is 0 Å². The van der Waals surface area contributed by atoms with Gasteiger partial charge in [0.2, 0.25) is 5.91 Å². The number of fused-ring (bicyclic) bond motifs is 1. The second-order valence-corrected chi connectivity index (χ2v) is 8.60. The maximum absolute atomic E-state index is 13.3. The summed E-state index contributed by atoms with van der Waals surface area (Å²) in [5, 5.41) is 12.4. The van der Waals surface area contributed by atoms with E-state index >= 15 is 0 Å². The van der Waals surface area contributed by atoms with E-state index in [9.17, 15) is 9.59 Å². The molecule has 8 nitrogen and oxygen atoms in total. The van der Waals surface area contributed by atoms with Crippen LogP contribution in [0.15, 0.2) is 59.4 Å². The molecule has 1 amide bonds. The molecule has 0 bridgehead atoms. The van der Waals surface area contributed by atoms with E-state index in [-0.39, 0.29) is 17.6 Å². The number of nitrogens with zero attached hydrogens (tertiary/aromatic N) is 4. The topological polar surface area (TPSA) is 91.0 Å². The van der Waals surface area contributed by atoms with Crippen molar-refractivity contribution in [3.05, 3.63) is 81.9 Å². The van der Waals surface area contributed by atoms with Gasteiger partial charge in [-0.1, -0.05) is 30.3 Å². The first-order chi connectivity index (χ1) is 16.3. The number of aryl methyl sites for hydroxylation is 2. The highest BCUT2D eigenvalue weighted by Gasteiger charge is 2.23. The van der Waals surface area contributed by atoms with Crippen LogP contribution in [0.1, 0.15) is 43.8 Å². The summed E-state index contributed by atoms with van der Waals surface area (Å²) in [5.74, 6) is 0.494. The van der Waals surface area contributed by atoms with Crippen LogP contribution in [0.3, 0.4) is 0 Å². The summed E-state index contributed by atoms with van der Waals surface area (Å²) in [4.78, 5) is 26.2. The lowest BCUT2D eigenvalue weighted by atomic mass is 10.2. The van der Waals surface area contributed by atoms with E-state index in [2.05, 4.69) is 15.5 Å². The van der Waals surface area contributed by atoms with Crippen molar-refractivity contribution in [3.8, 4) is 11.4 Å².